The van der Waals surface area contributed by atoms with Gasteiger partial charge in [-0.15, -0.1) is 0 Å². The summed E-state index contributed by atoms with van der Waals surface area (Å²) < 4.78 is 12.7. The predicted molar refractivity (Wildman–Crippen MR) is 110 cm³/mol. The minimum atomic E-state index is -0.303. The molecule has 2 aliphatic heterocycles. The van der Waals surface area contributed by atoms with Crippen LogP contribution < -0.4 is 9.47 Å². The van der Waals surface area contributed by atoms with Crippen LogP contribution in [0.1, 0.15) is 35.4 Å². The molecule has 2 aromatic carbocycles. The summed E-state index contributed by atoms with van der Waals surface area (Å²) in [6.45, 7) is 0. The van der Waals surface area contributed by atoms with Crippen molar-refractivity contribution in [3.8, 4) is 11.5 Å². The Balaban J connectivity index is 1.57. The number of rotatable bonds is 3. The molecule has 0 saturated carbocycles. The van der Waals surface area contributed by atoms with Gasteiger partial charge < -0.3 is 9.47 Å². The van der Waals surface area contributed by atoms with Crippen molar-refractivity contribution in [2.75, 3.05) is 7.11 Å². The number of hydrogen-bond donors (Lipinski definition) is 0. The van der Waals surface area contributed by atoms with Crippen molar-refractivity contribution in [2.45, 2.75) is 18.7 Å². The second kappa shape index (κ2) is 6.95. The minimum absolute atomic E-state index is 0.114. The van der Waals surface area contributed by atoms with E-state index >= 15 is 0 Å². The Morgan fingerprint density at radius 3 is 2.75 bits per heavy atom. The highest BCUT2D eigenvalue weighted by molar-refractivity contribution is 9.10. The zero-order chi connectivity index (χ0) is 19.1. The van der Waals surface area contributed by atoms with Crippen LogP contribution in [-0.4, -0.2) is 22.8 Å². The molecular formula is C22H18BrN3O2. The fourth-order valence-corrected chi connectivity index (χ4v) is 4.14. The molecule has 0 radical (unpaired) electrons. The number of benzene rings is 2. The highest BCUT2D eigenvalue weighted by atomic mass is 79.9. The SMILES string of the molecule is COc1ccc(C2=NN3C(C2)c2cc(Br)ccc2OC3c2cccnc2)cc1. The number of hydrazone groups is 1. The van der Waals surface area contributed by atoms with Gasteiger partial charge in [-0.3, -0.25) is 4.98 Å². The molecule has 2 unspecified atom stereocenters. The van der Waals surface area contributed by atoms with Gasteiger partial charge in [-0.2, -0.15) is 5.10 Å². The molecule has 0 spiro atoms. The third-order valence-corrected chi connectivity index (χ3v) is 5.64. The van der Waals surface area contributed by atoms with Crippen molar-refractivity contribution in [2.24, 2.45) is 5.10 Å². The van der Waals surface area contributed by atoms with E-state index in [1.54, 1.807) is 13.3 Å². The van der Waals surface area contributed by atoms with Gasteiger partial charge >= 0.3 is 0 Å². The topological polar surface area (TPSA) is 47.0 Å². The molecule has 3 heterocycles. The molecule has 1 aromatic heterocycles. The number of pyridine rings is 1. The van der Waals surface area contributed by atoms with E-state index in [9.17, 15) is 0 Å². The minimum Gasteiger partial charge on any atom is -0.497 e. The van der Waals surface area contributed by atoms with Crippen molar-refractivity contribution in [1.29, 1.82) is 0 Å². The van der Waals surface area contributed by atoms with E-state index < -0.39 is 0 Å². The molecule has 0 fully saturated rings. The Bertz CT molecular complexity index is 1040. The summed E-state index contributed by atoms with van der Waals surface area (Å²) in [4.78, 5) is 4.26. The van der Waals surface area contributed by atoms with Gasteiger partial charge in [0, 0.05) is 34.4 Å². The summed E-state index contributed by atoms with van der Waals surface area (Å²) in [6, 6.07) is 18.3. The second-order valence-corrected chi connectivity index (χ2v) is 7.73. The van der Waals surface area contributed by atoms with E-state index in [1.807, 2.05) is 42.6 Å². The molecule has 0 saturated heterocycles. The molecule has 2 atom stereocenters. The number of methoxy groups -OCH3 is 1. The van der Waals surface area contributed by atoms with Crippen LogP contribution in [0, 0.1) is 0 Å². The zero-order valence-electron chi connectivity index (χ0n) is 15.2. The fourth-order valence-electron chi connectivity index (χ4n) is 3.76. The van der Waals surface area contributed by atoms with Gasteiger partial charge in [0.1, 0.15) is 11.5 Å². The summed E-state index contributed by atoms with van der Waals surface area (Å²) in [5.74, 6) is 1.73. The lowest BCUT2D eigenvalue weighted by molar-refractivity contribution is -0.0192. The van der Waals surface area contributed by atoms with Gasteiger partial charge in [0.25, 0.3) is 0 Å². The van der Waals surface area contributed by atoms with E-state index in [0.29, 0.717) is 0 Å². The lowest BCUT2D eigenvalue weighted by atomic mass is 9.96. The van der Waals surface area contributed by atoms with E-state index in [1.165, 1.54) is 0 Å². The van der Waals surface area contributed by atoms with E-state index in [2.05, 4.69) is 44.1 Å². The normalized spacial score (nSPS) is 20.1. The molecule has 5 rings (SSSR count). The Morgan fingerprint density at radius 1 is 1.14 bits per heavy atom. The molecular weight excluding hydrogens is 418 g/mol. The summed E-state index contributed by atoms with van der Waals surface area (Å²) in [6.07, 6.45) is 4.12. The number of nitrogens with zero attached hydrogens (tertiary/aromatic N) is 3. The smallest absolute Gasteiger partial charge is 0.215 e. The van der Waals surface area contributed by atoms with Gasteiger partial charge in [-0.25, -0.2) is 5.01 Å². The molecule has 0 amide bonds. The van der Waals surface area contributed by atoms with Crippen LogP contribution >= 0.6 is 15.9 Å². The Kier molecular flexibility index (Phi) is 4.28. The quantitative estimate of drug-likeness (QED) is 0.574. The first-order chi connectivity index (χ1) is 13.7. The molecule has 2 aliphatic rings. The average Bonchev–Trinajstić information content (AvgIpc) is 3.20. The standard InChI is InChI=1S/C22H18BrN3O2/c1-27-17-7-4-14(5-8-17)19-12-20-18-11-16(23)6-9-21(18)28-22(26(20)25-19)15-3-2-10-24-13-15/h2-11,13,20,22H,12H2,1H3. The Hall–Kier alpha value is -2.86. The number of ether oxygens (including phenoxy) is 2. The summed E-state index contributed by atoms with van der Waals surface area (Å²) >= 11 is 3.59. The van der Waals surface area contributed by atoms with Gasteiger partial charge in [0.15, 0.2) is 0 Å². The molecule has 5 nitrogen and oxygen atoms in total. The van der Waals surface area contributed by atoms with E-state index in [4.69, 9.17) is 14.6 Å². The summed E-state index contributed by atoms with van der Waals surface area (Å²) in [5, 5.41) is 7.02. The summed E-state index contributed by atoms with van der Waals surface area (Å²) in [7, 11) is 1.67. The van der Waals surface area contributed by atoms with E-state index in [0.717, 1.165) is 44.8 Å². The lowest BCUT2D eigenvalue weighted by Crippen LogP contribution is -2.33. The van der Waals surface area contributed by atoms with Crippen LogP contribution in [0.2, 0.25) is 0 Å². The largest absolute Gasteiger partial charge is 0.497 e. The second-order valence-electron chi connectivity index (χ2n) is 6.81. The molecule has 0 bridgehead atoms. The van der Waals surface area contributed by atoms with Crippen LogP contribution in [0.5, 0.6) is 11.5 Å². The third-order valence-electron chi connectivity index (χ3n) is 5.14. The predicted octanol–water partition coefficient (Wildman–Crippen LogP) is 5.10. The molecule has 0 aliphatic carbocycles. The van der Waals surface area contributed by atoms with Gasteiger partial charge in [0.05, 0.1) is 18.9 Å². The Labute approximate surface area is 171 Å². The first-order valence-corrected chi connectivity index (χ1v) is 9.88. The maximum atomic E-state index is 6.35. The number of hydrogen-bond acceptors (Lipinski definition) is 5. The van der Waals surface area contributed by atoms with Crippen LogP contribution in [0.15, 0.2) is 76.6 Å². The van der Waals surface area contributed by atoms with Crippen molar-refractivity contribution >= 4 is 21.6 Å². The highest BCUT2D eigenvalue weighted by Gasteiger charge is 2.41. The first kappa shape index (κ1) is 17.3. The van der Waals surface area contributed by atoms with Gasteiger partial charge in [-0.1, -0.05) is 22.0 Å². The van der Waals surface area contributed by atoms with Crippen molar-refractivity contribution in [1.82, 2.24) is 9.99 Å². The van der Waals surface area contributed by atoms with Crippen molar-refractivity contribution in [3.05, 3.63) is 88.2 Å². The molecule has 140 valence electrons. The number of fused-ring (bicyclic) bond motifs is 3. The average molecular weight is 436 g/mol. The fraction of sp³-hybridized carbons (Fsp3) is 0.182. The maximum Gasteiger partial charge on any atom is 0.215 e. The summed E-state index contributed by atoms with van der Waals surface area (Å²) in [5.41, 5.74) is 4.26. The molecule has 28 heavy (non-hydrogen) atoms. The van der Waals surface area contributed by atoms with Crippen LogP contribution in [-0.2, 0) is 0 Å². The van der Waals surface area contributed by atoms with Crippen molar-refractivity contribution < 1.29 is 9.47 Å². The molecule has 6 heteroatoms. The highest BCUT2D eigenvalue weighted by Crippen LogP contribution is 2.48. The van der Waals surface area contributed by atoms with Crippen molar-refractivity contribution in [3.63, 3.8) is 0 Å². The number of aromatic nitrogens is 1. The lowest BCUT2D eigenvalue weighted by Gasteiger charge is -2.38. The third kappa shape index (κ3) is 2.94. The monoisotopic (exact) mass is 435 g/mol. The Morgan fingerprint density at radius 2 is 2.00 bits per heavy atom. The van der Waals surface area contributed by atoms with E-state index in [-0.39, 0.29) is 12.3 Å². The number of halogens is 1. The van der Waals surface area contributed by atoms with Crippen LogP contribution in [0.25, 0.3) is 0 Å². The zero-order valence-corrected chi connectivity index (χ0v) is 16.8. The van der Waals surface area contributed by atoms with Gasteiger partial charge in [-0.05, 0) is 54.1 Å². The van der Waals surface area contributed by atoms with Crippen LogP contribution in [0.3, 0.4) is 0 Å². The first-order valence-electron chi connectivity index (χ1n) is 9.09. The maximum absolute atomic E-state index is 6.35. The van der Waals surface area contributed by atoms with Crippen LogP contribution in [0.4, 0.5) is 0 Å². The van der Waals surface area contributed by atoms with Gasteiger partial charge in [0.2, 0.25) is 6.23 Å². The molecule has 0 N–H and O–H groups in total. The molecule has 3 aromatic rings.